The van der Waals surface area contributed by atoms with Crippen LogP contribution in [0, 0.1) is 5.82 Å². The van der Waals surface area contributed by atoms with Gasteiger partial charge >= 0.3 is 0 Å². The first-order valence-electron chi connectivity index (χ1n) is 6.68. The Morgan fingerprint density at radius 3 is 2.74 bits per heavy atom. The minimum absolute atomic E-state index is 0.00894. The molecule has 0 amide bonds. The van der Waals surface area contributed by atoms with Gasteiger partial charge in [-0.2, -0.15) is 0 Å². The van der Waals surface area contributed by atoms with Crippen LogP contribution >= 0.6 is 0 Å². The van der Waals surface area contributed by atoms with Crippen molar-refractivity contribution < 1.29 is 4.39 Å². The van der Waals surface area contributed by atoms with Crippen molar-refractivity contribution in [3.63, 3.8) is 0 Å². The van der Waals surface area contributed by atoms with E-state index in [0.29, 0.717) is 0 Å². The van der Waals surface area contributed by atoms with E-state index in [0.717, 1.165) is 30.5 Å². The van der Waals surface area contributed by atoms with Crippen LogP contribution in [0.3, 0.4) is 0 Å². The number of halogens is 1. The average Bonchev–Trinajstić information content (AvgIpc) is 2.45. The van der Waals surface area contributed by atoms with Crippen molar-refractivity contribution in [2.45, 2.75) is 25.8 Å². The lowest BCUT2D eigenvalue weighted by atomic mass is 9.99. The summed E-state index contributed by atoms with van der Waals surface area (Å²) in [6, 6.07) is 10.9. The van der Waals surface area contributed by atoms with Crippen LogP contribution in [0.1, 0.15) is 30.5 Å². The number of aromatic nitrogens is 1. The fourth-order valence-corrected chi connectivity index (χ4v) is 2.12. The minimum atomic E-state index is -0.153. The van der Waals surface area contributed by atoms with Crippen LogP contribution in [0.4, 0.5) is 4.39 Å². The standard InChI is InChI=1S/C16H19FN2/c1-2-9-19-16(11-13-6-5-10-18-12-13)14-7-3-4-8-15(14)17/h3-8,10,12,16,19H,2,9,11H2,1H3. The number of pyridine rings is 1. The first-order chi connectivity index (χ1) is 9.31. The van der Waals surface area contributed by atoms with Gasteiger partial charge in [-0.05, 0) is 37.1 Å². The molecule has 2 aromatic rings. The third-order valence-electron chi connectivity index (χ3n) is 3.08. The summed E-state index contributed by atoms with van der Waals surface area (Å²) in [6.45, 7) is 2.98. The Kier molecular flexibility index (Phi) is 5.04. The smallest absolute Gasteiger partial charge is 0.127 e. The molecule has 1 N–H and O–H groups in total. The molecule has 19 heavy (non-hydrogen) atoms. The Bertz CT molecular complexity index is 499. The number of nitrogens with one attached hydrogen (secondary N) is 1. The molecule has 1 atom stereocenters. The fraction of sp³-hybridized carbons (Fsp3) is 0.312. The fourth-order valence-electron chi connectivity index (χ4n) is 2.12. The second-order valence-electron chi connectivity index (χ2n) is 4.59. The van der Waals surface area contributed by atoms with Crippen LogP contribution < -0.4 is 5.32 Å². The highest BCUT2D eigenvalue weighted by Crippen LogP contribution is 2.20. The van der Waals surface area contributed by atoms with Gasteiger partial charge in [-0.3, -0.25) is 4.98 Å². The first-order valence-corrected chi connectivity index (χ1v) is 6.68. The zero-order valence-electron chi connectivity index (χ0n) is 11.1. The molecule has 1 aromatic heterocycles. The molecule has 0 aliphatic heterocycles. The largest absolute Gasteiger partial charge is 0.310 e. The Morgan fingerprint density at radius 1 is 1.21 bits per heavy atom. The van der Waals surface area contributed by atoms with Gasteiger partial charge < -0.3 is 5.32 Å². The summed E-state index contributed by atoms with van der Waals surface area (Å²) in [5.41, 5.74) is 1.83. The summed E-state index contributed by atoms with van der Waals surface area (Å²) in [6.07, 6.45) is 5.36. The lowest BCUT2D eigenvalue weighted by molar-refractivity contribution is 0.496. The maximum atomic E-state index is 13.9. The van der Waals surface area contributed by atoms with E-state index in [1.165, 1.54) is 6.07 Å². The Morgan fingerprint density at radius 2 is 2.05 bits per heavy atom. The van der Waals surface area contributed by atoms with Crippen LogP contribution in [-0.4, -0.2) is 11.5 Å². The molecule has 0 saturated heterocycles. The van der Waals surface area contributed by atoms with Crippen LogP contribution in [-0.2, 0) is 6.42 Å². The second-order valence-corrected chi connectivity index (χ2v) is 4.59. The van der Waals surface area contributed by atoms with Crippen molar-refractivity contribution in [1.29, 1.82) is 0 Å². The van der Waals surface area contributed by atoms with E-state index in [1.807, 2.05) is 30.5 Å². The molecule has 0 radical (unpaired) electrons. The monoisotopic (exact) mass is 258 g/mol. The van der Waals surface area contributed by atoms with Crippen molar-refractivity contribution in [3.05, 3.63) is 65.7 Å². The molecule has 2 nitrogen and oxygen atoms in total. The normalized spacial score (nSPS) is 12.3. The quantitative estimate of drug-likeness (QED) is 0.857. The van der Waals surface area contributed by atoms with E-state index < -0.39 is 0 Å². The minimum Gasteiger partial charge on any atom is -0.310 e. The molecule has 100 valence electrons. The van der Waals surface area contributed by atoms with Crippen molar-refractivity contribution in [2.24, 2.45) is 0 Å². The molecular weight excluding hydrogens is 239 g/mol. The van der Waals surface area contributed by atoms with Crippen molar-refractivity contribution >= 4 is 0 Å². The summed E-state index contributed by atoms with van der Waals surface area (Å²) in [5, 5.41) is 3.41. The van der Waals surface area contributed by atoms with Gasteiger partial charge in [0.2, 0.25) is 0 Å². The number of hydrogen-bond donors (Lipinski definition) is 1. The zero-order chi connectivity index (χ0) is 13.5. The molecule has 0 spiro atoms. The third kappa shape index (κ3) is 3.86. The van der Waals surface area contributed by atoms with E-state index in [9.17, 15) is 4.39 Å². The Balaban J connectivity index is 2.19. The Hall–Kier alpha value is -1.74. The van der Waals surface area contributed by atoms with E-state index in [-0.39, 0.29) is 11.9 Å². The highest BCUT2D eigenvalue weighted by atomic mass is 19.1. The predicted molar refractivity (Wildman–Crippen MR) is 75.4 cm³/mol. The summed E-state index contributed by atoms with van der Waals surface area (Å²) >= 11 is 0. The summed E-state index contributed by atoms with van der Waals surface area (Å²) in [4.78, 5) is 4.11. The molecule has 3 heteroatoms. The molecule has 0 aliphatic carbocycles. The molecule has 0 saturated carbocycles. The van der Waals surface area contributed by atoms with Gasteiger partial charge in [-0.1, -0.05) is 31.2 Å². The van der Waals surface area contributed by atoms with Crippen molar-refractivity contribution in [1.82, 2.24) is 10.3 Å². The highest BCUT2D eigenvalue weighted by Gasteiger charge is 2.15. The lowest BCUT2D eigenvalue weighted by Gasteiger charge is -2.19. The van der Waals surface area contributed by atoms with E-state index in [4.69, 9.17) is 0 Å². The van der Waals surface area contributed by atoms with Gasteiger partial charge in [0.25, 0.3) is 0 Å². The first kappa shape index (κ1) is 13.7. The predicted octanol–water partition coefficient (Wildman–Crippen LogP) is 3.50. The van der Waals surface area contributed by atoms with Crippen LogP contribution in [0.5, 0.6) is 0 Å². The van der Waals surface area contributed by atoms with Gasteiger partial charge in [-0.15, -0.1) is 0 Å². The topological polar surface area (TPSA) is 24.9 Å². The van der Waals surface area contributed by atoms with Gasteiger partial charge in [0, 0.05) is 24.0 Å². The maximum Gasteiger partial charge on any atom is 0.127 e. The maximum absolute atomic E-state index is 13.9. The zero-order valence-corrected chi connectivity index (χ0v) is 11.1. The van der Waals surface area contributed by atoms with Gasteiger partial charge in [-0.25, -0.2) is 4.39 Å². The van der Waals surface area contributed by atoms with Crippen molar-refractivity contribution in [2.75, 3.05) is 6.54 Å². The van der Waals surface area contributed by atoms with Gasteiger partial charge in [0.15, 0.2) is 0 Å². The summed E-state index contributed by atoms with van der Waals surface area (Å²) < 4.78 is 13.9. The van der Waals surface area contributed by atoms with Gasteiger partial charge in [0.05, 0.1) is 0 Å². The molecule has 0 aliphatic rings. The molecule has 1 heterocycles. The van der Waals surface area contributed by atoms with E-state index >= 15 is 0 Å². The lowest BCUT2D eigenvalue weighted by Crippen LogP contribution is -2.25. The number of nitrogens with zero attached hydrogens (tertiary/aromatic N) is 1. The van der Waals surface area contributed by atoms with Crippen LogP contribution in [0.25, 0.3) is 0 Å². The second kappa shape index (κ2) is 7.00. The van der Waals surface area contributed by atoms with Gasteiger partial charge in [0.1, 0.15) is 5.82 Å². The molecule has 0 fully saturated rings. The molecule has 2 rings (SSSR count). The highest BCUT2D eigenvalue weighted by molar-refractivity contribution is 5.24. The van der Waals surface area contributed by atoms with Crippen molar-refractivity contribution in [3.8, 4) is 0 Å². The molecule has 0 bridgehead atoms. The van der Waals surface area contributed by atoms with Crippen LogP contribution in [0.2, 0.25) is 0 Å². The van der Waals surface area contributed by atoms with E-state index in [2.05, 4.69) is 17.2 Å². The number of hydrogen-bond acceptors (Lipinski definition) is 2. The summed E-state index contributed by atoms with van der Waals surface area (Å²) in [7, 11) is 0. The number of rotatable bonds is 6. The third-order valence-corrected chi connectivity index (χ3v) is 3.08. The van der Waals surface area contributed by atoms with E-state index in [1.54, 1.807) is 12.3 Å². The Labute approximate surface area is 113 Å². The SMILES string of the molecule is CCCNC(Cc1cccnc1)c1ccccc1F. The number of benzene rings is 1. The average molecular weight is 258 g/mol. The summed E-state index contributed by atoms with van der Waals surface area (Å²) in [5.74, 6) is -0.153. The van der Waals surface area contributed by atoms with Crippen LogP contribution in [0.15, 0.2) is 48.8 Å². The molecule has 1 aromatic carbocycles. The molecular formula is C16H19FN2. The molecule has 1 unspecified atom stereocenters.